The zero-order valence-electron chi connectivity index (χ0n) is 65.5. The number of carbonyl (C=O) groups excluding carboxylic acids is 4. The van der Waals surface area contributed by atoms with Gasteiger partial charge in [0.05, 0.1) is 26.4 Å². The van der Waals surface area contributed by atoms with Crippen LogP contribution in [0.15, 0.2) is 0 Å². The summed E-state index contributed by atoms with van der Waals surface area (Å²) in [5.74, 6) is -0.497. The number of unbranched alkanes of at least 4 members (excludes halogenated alkanes) is 49. The molecule has 0 spiro atoms. The number of hydrogen-bond acceptors (Lipinski definition) is 15. The van der Waals surface area contributed by atoms with Crippen LogP contribution in [0.3, 0.4) is 0 Å². The van der Waals surface area contributed by atoms with Gasteiger partial charge < -0.3 is 33.8 Å². The van der Waals surface area contributed by atoms with Gasteiger partial charge in [0.2, 0.25) is 0 Å². The molecule has 0 aliphatic carbocycles. The number of carbonyl (C=O) groups is 4. The molecule has 0 saturated carbocycles. The summed E-state index contributed by atoms with van der Waals surface area (Å²) in [4.78, 5) is 73.0. The number of ether oxygens (including phenoxy) is 4. The molecule has 3 unspecified atom stereocenters. The minimum Gasteiger partial charge on any atom is -0.462 e. The van der Waals surface area contributed by atoms with E-state index >= 15 is 0 Å². The van der Waals surface area contributed by atoms with Crippen LogP contribution in [0, 0.1) is 11.8 Å². The van der Waals surface area contributed by atoms with Crippen LogP contribution in [0.5, 0.6) is 0 Å². The zero-order chi connectivity index (χ0) is 73.5. The normalized spacial score (nSPS) is 14.2. The summed E-state index contributed by atoms with van der Waals surface area (Å²) in [6, 6.07) is 0. The Morgan fingerprint density at radius 2 is 0.510 bits per heavy atom. The van der Waals surface area contributed by atoms with Crippen LogP contribution >= 0.6 is 15.6 Å². The molecule has 6 atom stereocenters. The van der Waals surface area contributed by atoms with Crippen molar-refractivity contribution in [1.82, 2.24) is 0 Å². The number of rotatable bonds is 80. The Bertz CT molecular complexity index is 1930. The first-order valence-electron chi connectivity index (χ1n) is 42.0. The van der Waals surface area contributed by atoms with E-state index in [2.05, 4.69) is 41.5 Å². The molecule has 0 rings (SSSR count). The Kier molecular flexibility index (Phi) is 71.2. The minimum atomic E-state index is -4.96. The highest BCUT2D eigenvalue weighted by Gasteiger charge is 2.30. The first-order chi connectivity index (χ1) is 48.4. The molecule has 0 saturated heterocycles. The highest BCUT2D eigenvalue weighted by molar-refractivity contribution is 7.47. The minimum absolute atomic E-state index is 0.107. The van der Waals surface area contributed by atoms with E-state index in [1.54, 1.807) is 0 Å². The fourth-order valence-electron chi connectivity index (χ4n) is 12.5. The van der Waals surface area contributed by atoms with Crippen LogP contribution < -0.4 is 0 Å². The lowest BCUT2D eigenvalue weighted by atomic mass is 9.99. The van der Waals surface area contributed by atoms with E-state index in [1.807, 2.05) is 0 Å². The second kappa shape index (κ2) is 72.6. The summed E-state index contributed by atoms with van der Waals surface area (Å²) >= 11 is 0. The second-order valence-electron chi connectivity index (χ2n) is 29.9. The van der Waals surface area contributed by atoms with Gasteiger partial charge in [0.1, 0.15) is 19.3 Å². The molecule has 0 bridgehead atoms. The SMILES string of the molecule is CCCCCCCCCCCCCCCCCCCCC(=O)OC[C@H](COP(=O)(O)OC[C@@H](O)COP(=O)(O)OC[C@@H](COC(=O)CCCCCCCCCCCC)OC(=O)CCCCCCCCCCCCCC(C)C)OC(=O)CCCCCCCCCCCCCCCCC(C)CC. The number of esters is 4. The lowest BCUT2D eigenvalue weighted by Crippen LogP contribution is -2.30. The molecule has 0 aromatic carbocycles. The fourth-order valence-corrected chi connectivity index (χ4v) is 14.1. The van der Waals surface area contributed by atoms with Gasteiger partial charge in [-0.05, 0) is 37.5 Å². The van der Waals surface area contributed by atoms with Gasteiger partial charge in [-0.3, -0.25) is 37.3 Å². The van der Waals surface area contributed by atoms with Gasteiger partial charge in [-0.25, -0.2) is 9.13 Å². The summed E-state index contributed by atoms with van der Waals surface area (Å²) in [5.41, 5.74) is 0. The number of phosphoric acid groups is 2. The second-order valence-corrected chi connectivity index (χ2v) is 32.8. The van der Waals surface area contributed by atoms with Gasteiger partial charge in [-0.1, -0.05) is 375 Å². The topological polar surface area (TPSA) is 237 Å². The molecule has 100 heavy (non-hydrogen) atoms. The van der Waals surface area contributed by atoms with E-state index in [1.165, 1.54) is 244 Å². The summed E-state index contributed by atoms with van der Waals surface area (Å²) in [5, 5.41) is 10.6. The van der Waals surface area contributed by atoms with Crippen molar-refractivity contribution in [1.29, 1.82) is 0 Å². The van der Waals surface area contributed by atoms with Crippen molar-refractivity contribution < 1.29 is 80.2 Å². The van der Waals surface area contributed by atoms with E-state index in [-0.39, 0.29) is 25.7 Å². The predicted molar refractivity (Wildman–Crippen MR) is 409 cm³/mol. The molecule has 19 heteroatoms. The van der Waals surface area contributed by atoms with Gasteiger partial charge in [-0.2, -0.15) is 0 Å². The largest absolute Gasteiger partial charge is 0.472 e. The first-order valence-corrected chi connectivity index (χ1v) is 45.0. The van der Waals surface area contributed by atoms with Crippen LogP contribution in [-0.4, -0.2) is 96.7 Å². The van der Waals surface area contributed by atoms with Gasteiger partial charge in [0.15, 0.2) is 12.2 Å². The van der Waals surface area contributed by atoms with Crippen molar-refractivity contribution in [3.8, 4) is 0 Å². The molecule has 17 nitrogen and oxygen atoms in total. The standard InChI is InChI=1S/C81H158O17P2/c1-7-10-12-14-16-18-20-21-22-23-24-25-29-34-40-46-52-58-64-79(84)92-70-77(97-80(85)65-59-53-47-41-35-30-27-26-28-33-38-44-50-56-62-74(6)9-3)72-96-100(89,90)94-68-75(82)67-93-99(87,88)95-71-76(69-91-78(83)63-57-51-45-39-19-17-15-13-11-8-2)98-81(86)66-60-54-48-42-36-31-32-37-43-49-55-61-73(4)5/h73-77,82H,7-72H2,1-6H3,(H,87,88)(H,89,90)/t74?,75-,76+,77+/m0/s1. The summed E-state index contributed by atoms with van der Waals surface area (Å²) in [6.07, 6.45) is 62.3. The molecule has 0 aliphatic rings. The molecule has 0 aromatic rings. The lowest BCUT2D eigenvalue weighted by molar-refractivity contribution is -0.161. The molecule has 0 radical (unpaired) electrons. The highest BCUT2D eigenvalue weighted by Crippen LogP contribution is 2.45. The molecule has 0 fully saturated rings. The van der Waals surface area contributed by atoms with Crippen LogP contribution in [-0.2, 0) is 65.4 Å². The third-order valence-corrected chi connectivity index (χ3v) is 21.2. The van der Waals surface area contributed by atoms with E-state index in [0.29, 0.717) is 25.7 Å². The van der Waals surface area contributed by atoms with E-state index in [9.17, 15) is 43.2 Å². The molecule has 0 amide bonds. The number of hydrogen-bond donors (Lipinski definition) is 3. The van der Waals surface area contributed by atoms with E-state index in [0.717, 1.165) is 102 Å². The molecule has 0 aliphatic heterocycles. The molecule has 0 aromatic heterocycles. The monoisotopic (exact) mass is 1470 g/mol. The van der Waals surface area contributed by atoms with Gasteiger partial charge >= 0.3 is 39.5 Å². The average Bonchev–Trinajstić information content (AvgIpc) is 0.919. The smallest absolute Gasteiger partial charge is 0.462 e. The maximum atomic E-state index is 13.1. The lowest BCUT2D eigenvalue weighted by Gasteiger charge is -2.21. The first kappa shape index (κ1) is 98.1. The van der Waals surface area contributed by atoms with Crippen molar-refractivity contribution in [2.45, 2.75) is 445 Å². The van der Waals surface area contributed by atoms with Gasteiger partial charge in [0.25, 0.3) is 0 Å². The number of aliphatic hydroxyl groups excluding tert-OH is 1. The van der Waals surface area contributed by atoms with Gasteiger partial charge in [0, 0.05) is 25.7 Å². The van der Waals surface area contributed by atoms with Gasteiger partial charge in [-0.15, -0.1) is 0 Å². The van der Waals surface area contributed by atoms with Crippen molar-refractivity contribution in [2.75, 3.05) is 39.6 Å². The highest BCUT2D eigenvalue weighted by atomic mass is 31.2. The van der Waals surface area contributed by atoms with Crippen LogP contribution in [0.4, 0.5) is 0 Å². The van der Waals surface area contributed by atoms with Crippen LogP contribution in [0.25, 0.3) is 0 Å². The summed E-state index contributed by atoms with van der Waals surface area (Å²) < 4.78 is 68.7. The predicted octanol–water partition coefficient (Wildman–Crippen LogP) is 24.3. The third kappa shape index (κ3) is 73.0. The van der Waals surface area contributed by atoms with Crippen molar-refractivity contribution in [2.24, 2.45) is 11.8 Å². The molecule has 0 heterocycles. The van der Waals surface area contributed by atoms with Crippen molar-refractivity contribution in [3.05, 3.63) is 0 Å². The third-order valence-electron chi connectivity index (χ3n) is 19.3. The number of aliphatic hydroxyl groups is 1. The molecular formula is C81H158O17P2. The Hall–Kier alpha value is -1.94. The Morgan fingerprint density at radius 1 is 0.290 bits per heavy atom. The quantitative estimate of drug-likeness (QED) is 0.0222. The van der Waals surface area contributed by atoms with Crippen LogP contribution in [0.1, 0.15) is 427 Å². The Labute approximate surface area is 613 Å². The summed E-state index contributed by atoms with van der Waals surface area (Å²) in [7, 11) is -9.92. The maximum Gasteiger partial charge on any atom is 0.472 e. The molecule has 594 valence electrons. The Morgan fingerprint density at radius 3 is 0.760 bits per heavy atom. The average molecular weight is 1470 g/mol. The number of phosphoric ester groups is 2. The maximum absolute atomic E-state index is 13.1. The van der Waals surface area contributed by atoms with Crippen LogP contribution in [0.2, 0.25) is 0 Å². The van der Waals surface area contributed by atoms with E-state index < -0.39 is 97.5 Å². The fraction of sp³-hybridized carbons (Fsp3) is 0.951. The van der Waals surface area contributed by atoms with E-state index in [4.69, 9.17) is 37.0 Å². The van der Waals surface area contributed by atoms with Crippen molar-refractivity contribution >= 4 is 39.5 Å². The summed E-state index contributed by atoms with van der Waals surface area (Å²) in [6.45, 7) is 9.68. The molecular weight excluding hydrogens is 1310 g/mol. The van der Waals surface area contributed by atoms with Crippen molar-refractivity contribution in [3.63, 3.8) is 0 Å². The molecule has 3 N–H and O–H groups in total. The Balaban J connectivity index is 5.24. The zero-order valence-corrected chi connectivity index (χ0v) is 67.3.